The molecule has 1 aromatic carbocycles. The third kappa shape index (κ3) is 2.55. The highest BCUT2D eigenvalue weighted by atomic mass is 32.1. The number of aromatic nitrogens is 1. The van der Waals surface area contributed by atoms with Gasteiger partial charge in [-0.05, 0) is 45.9 Å². The molecule has 20 heavy (non-hydrogen) atoms. The van der Waals surface area contributed by atoms with Gasteiger partial charge in [-0.1, -0.05) is 30.3 Å². The fourth-order valence-corrected chi connectivity index (χ4v) is 3.64. The Kier molecular flexibility index (Phi) is 3.71. The molecular weight excluding hydrogens is 286 g/mol. The van der Waals surface area contributed by atoms with Crippen molar-refractivity contribution in [2.24, 2.45) is 0 Å². The van der Waals surface area contributed by atoms with Crippen LogP contribution in [0.15, 0.2) is 41.1 Å². The van der Waals surface area contributed by atoms with Gasteiger partial charge in [-0.25, -0.2) is 0 Å². The molecule has 0 aliphatic heterocycles. The van der Waals surface area contributed by atoms with E-state index >= 15 is 0 Å². The molecule has 0 radical (unpaired) electrons. The monoisotopic (exact) mass is 301 g/mol. The zero-order valence-corrected chi connectivity index (χ0v) is 12.7. The van der Waals surface area contributed by atoms with Crippen LogP contribution in [0.3, 0.4) is 0 Å². The highest BCUT2D eigenvalue weighted by molar-refractivity contribution is 7.11. The van der Waals surface area contributed by atoms with Gasteiger partial charge in [0, 0.05) is 6.54 Å². The molecule has 0 saturated heterocycles. The predicted octanol–water partition coefficient (Wildman–Crippen LogP) is 4.37. The molecule has 3 N–H and O–H groups in total. The van der Waals surface area contributed by atoms with Gasteiger partial charge in [-0.15, -0.1) is 0 Å². The lowest BCUT2D eigenvalue weighted by atomic mass is 10.1. The minimum absolute atomic E-state index is 0.589. The molecule has 0 bridgehead atoms. The van der Waals surface area contributed by atoms with Crippen LogP contribution in [0, 0.1) is 6.92 Å². The van der Waals surface area contributed by atoms with Gasteiger partial charge in [-0.2, -0.15) is 15.7 Å². The van der Waals surface area contributed by atoms with E-state index < -0.39 is 0 Å². The molecule has 102 valence electrons. The van der Waals surface area contributed by atoms with Crippen molar-refractivity contribution in [2.45, 2.75) is 13.5 Å². The average Bonchev–Trinajstić information content (AvgIpc) is 3.03. The number of anilines is 2. The molecule has 0 amide bonds. The van der Waals surface area contributed by atoms with Gasteiger partial charge in [0.05, 0.1) is 5.56 Å². The summed E-state index contributed by atoms with van der Waals surface area (Å²) in [6, 6.07) is 10.1. The van der Waals surface area contributed by atoms with E-state index in [1.807, 2.05) is 18.2 Å². The molecular formula is C15H15N3S2. The van der Waals surface area contributed by atoms with E-state index in [9.17, 15) is 0 Å². The molecule has 0 spiro atoms. The van der Waals surface area contributed by atoms with E-state index in [4.69, 9.17) is 5.73 Å². The van der Waals surface area contributed by atoms with Crippen LogP contribution >= 0.6 is 22.9 Å². The second kappa shape index (κ2) is 5.64. The smallest absolute Gasteiger partial charge is 0.147 e. The maximum atomic E-state index is 6.01. The Morgan fingerprint density at radius 3 is 2.70 bits per heavy atom. The Morgan fingerprint density at radius 1 is 1.20 bits per heavy atom. The lowest BCUT2D eigenvalue weighted by Gasteiger charge is -2.07. The number of nitrogens with one attached hydrogen (secondary N) is 1. The summed E-state index contributed by atoms with van der Waals surface area (Å²) in [7, 11) is 0. The zero-order chi connectivity index (χ0) is 13.9. The molecule has 0 atom stereocenters. The van der Waals surface area contributed by atoms with Crippen LogP contribution < -0.4 is 11.1 Å². The van der Waals surface area contributed by atoms with Gasteiger partial charge < -0.3 is 11.1 Å². The quantitative estimate of drug-likeness (QED) is 0.752. The molecule has 3 aromatic rings. The molecule has 5 heteroatoms. The number of nitrogens with two attached hydrogens (primary N) is 1. The van der Waals surface area contributed by atoms with Crippen LogP contribution in [0.25, 0.3) is 11.1 Å². The normalized spacial score (nSPS) is 10.7. The Hall–Kier alpha value is -1.85. The second-order valence-electron chi connectivity index (χ2n) is 4.57. The molecule has 3 nitrogen and oxygen atoms in total. The summed E-state index contributed by atoms with van der Waals surface area (Å²) in [6.07, 6.45) is 0. The van der Waals surface area contributed by atoms with Gasteiger partial charge in [0.2, 0.25) is 0 Å². The largest absolute Gasteiger partial charge is 0.382 e. The van der Waals surface area contributed by atoms with Crippen LogP contribution in [0.2, 0.25) is 0 Å². The first-order valence-corrected chi connectivity index (χ1v) is 8.03. The number of rotatable bonds is 4. The van der Waals surface area contributed by atoms with Gasteiger partial charge in [0.15, 0.2) is 0 Å². The first-order chi connectivity index (χ1) is 9.75. The van der Waals surface area contributed by atoms with E-state index in [1.54, 1.807) is 11.3 Å². The molecule has 0 fully saturated rings. The summed E-state index contributed by atoms with van der Waals surface area (Å²) in [6.45, 7) is 2.93. The summed E-state index contributed by atoms with van der Waals surface area (Å²) in [5.74, 6) is 0.589. The molecule has 0 saturated carbocycles. The lowest BCUT2D eigenvalue weighted by Crippen LogP contribution is -1.99. The Balaban J connectivity index is 1.86. The lowest BCUT2D eigenvalue weighted by molar-refractivity contribution is 1.15. The number of benzene rings is 1. The van der Waals surface area contributed by atoms with Crippen molar-refractivity contribution in [2.75, 3.05) is 11.1 Å². The first kappa shape index (κ1) is 13.1. The summed E-state index contributed by atoms with van der Waals surface area (Å²) < 4.78 is 4.27. The van der Waals surface area contributed by atoms with E-state index in [0.717, 1.165) is 22.7 Å². The van der Waals surface area contributed by atoms with E-state index in [0.29, 0.717) is 5.82 Å². The highest BCUT2D eigenvalue weighted by Crippen LogP contribution is 2.36. The number of nitrogen functional groups attached to an aromatic ring is 1. The van der Waals surface area contributed by atoms with E-state index in [-0.39, 0.29) is 0 Å². The summed E-state index contributed by atoms with van der Waals surface area (Å²) in [5.41, 5.74) is 10.8. The molecule has 2 heterocycles. The van der Waals surface area contributed by atoms with Crippen LogP contribution in [0.4, 0.5) is 10.8 Å². The van der Waals surface area contributed by atoms with Crippen molar-refractivity contribution in [3.8, 4) is 11.1 Å². The van der Waals surface area contributed by atoms with Gasteiger partial charge in [0.1, 0.15) is 10.8 Å². The number of hydrogen-bond donors (Lipinski definition) is 2. The molecule has 0 unspecified atom stereocenters. The second-order valence-corrected chi connectivity index (χ2v) is 6.09. The maximum Gasteiger partial charge on any atom is 0.147 e. The number of nitrogens with zero attached hydrogens (tertiary/aromatic N) is 1. The average molecular weight is 301 g/mol. The highest BCUT2D eigenvalue weighted by Gasteiger charge is 2.13. The third-order valence-corrected chi connectivity index (χ3v) is 4.91. The number of hydrogen-bond acceptors (Lipinski definition) is 5. The van der Waals surface area contributed by atoms with Gasteiger partial charge in [-0.3, -0.25) is 0 Å². The Bertz CT molecular complexity index is 701. The van der Waals surface area contributed by atoms with Crippen LogP contribution in [-0.4, -0.2) is 4.37 Å². The Morgan fingerprint density at radius 2 is 2.00 bits per heavy atom. The minimum atomic E-state index is 0.589. The van der Waals surface area contributed by atoms with Crippen molar-refractivity contribution in [3.63, 3.8) is 0 Å². The third-order valence-electron chi connectivity index (χ3n) is 3.18. The van der Waals surface area contributed by atoms with Gasteiger partial charge in [0.25, 0.3) is 0 Å². The van der Waals surface area contributed by atoms with E-state index in [1.165, 1.54) is 22.7 Å². The SMILES string of the molecule is Cc1cscc1CNc1snc(N)c1-c1ccccc1. The van der Waals surface area contributed by atoms with Crippen LogP contribution in [-0.2, 0) is 6.54 Å². The van der Waals surface area contributed by atoms with Crippen molar-refractivity contribution in [3.05, 3.63) is 52.2 Å². The van der Waals surface area contributed by atoms with Crippen molar-refractivity contribution < 1.29 is 0 Å². The summed E-state index contributed by atoms with van der Waals surface area (Å²) in [4.78, 5) is 0. The molecule has 2 aromatic heterocycles. The van der Waals surface area contributed by atoms with Crippen molar-refractivity contribution in [1.82, 2.24) is 4.37 Å². The fraction of sp³-hybridized carbons (Fsp3) is 0.133. The fourth-order valence-electron chi connectivity index (χ4n) is 2.05. The first-order valence-electron chi connectivity index (χ1n) is 6.32. The minimum Gasteiger partial charge on any atom is -0.382 e. The number of aryl methyl sites for hydroxylation is 1. The predicted molar refractivity (Wildman–Crippen MR) is 88.3 cm³/mol. The molecule has 0 aliphatic carbocycles. The molecule has 0 aliphatic rings. The molecule has 3 rings (SSSR count). The van der Waals surface area contributed by atoms with E-state index in [2.05, 4.69) is 39.5 Å². The summed E-state index contributed by atoms with van der Waals surface area (Å²) in [5, 5.41) is 8.82. The zero-order valence-electron chi connectivity index (χ0n) is 11.1. The van der Waals surface area contributed by atoms with Crippen LogP contribution in [0.1, 0.15) is 11.1 Å². The summed E-state index contributed by atoms with van der Waals surface area (Å²) >= 11 is 3.15. The van der Waals surface area contributed by atoms with Crippen molar-refractivity contribution >= 4 is 33.7 Å². The number of thiophene rings is 1. The van der Waals surface area contributed by atoms with Crippen molar-refractivity contribution in [1.29, 1.82) is 0 Å². The Labute approximate surface area is 126 Å². The maximum absolute atomic E-state index is 6.01. The van der Waals surface area contributed by atoms with Crippen LogP contribution in [0.5, 0.6) is 0 Å². The standard InChI is InChI=1S/C15H15N3S2/c1-10-8-19-9-12(10)7-17-15-13(14(16)18-20-15)11-5-3-2-4-6-11/h2-6,8-9,17H,7H2,1H3,(H2,16,18). The topological polar surface area (TPSA) is 50.9 Å². The van der Waals surface area contributed by atoms with Gasteiger partial charge >= 0.3 is 0 Å².